The first-order valence-electron chi connectivity index (χ1n) is 8.00. The number of rotatable bonds is 7. The van der Waals surface area contributed by atoms with Crippen LogP contribution in [0, 0.1) is 10.1 Å². The molecule has 0 saturated heterocycles. The summed E-state index contributed by atoms with van der Waals surface area (Å²) in [6, 6.07) is 5.53. The highest BCUT2D eigenvalue weighted by Gasteiger charge is 2.27. The first-order chi connectivity index (χ1) is 13.2. The van der Waals surface area contributed by atoms with E-state index in [1.807, 2.05) is 0 Å². The van der Waals surface area contributed by atoms with Gasteiger partial charge in [0.25, 0.3) is 5.91 Å². The minimum Gasteiger partial charge on any atom is -0.465 e. The molecule has 28 heavy (non-hydrogen) atoms. The van der Waals surface area contributed by atoms with Crippen LogP contribution in [0.3, 0.4) is 0 Å². The maximum atomic E-state index is 12.6. The van der Waals surface area contributed by atoms with Gasteiger partial charge in [-0.25, -0.2) is 4.98 Å². The first-order valence-corrected chi connectivity index (χ1v) is 8.76. The van der Waals surface area contributed by atoms with Crippen molar-refractivity contribution in [1.82, 2.24) is 4.98 Å². The number of ether oxygens (including phenoxy) is 1. The van der Waals surface area contributed by atoms with Gasteiger partial charge in [-0.2, -0.15) is 0 Å². The molecule has 1 heterocycles. The van der Waals surface area contributed by atoms with E-state index in [9.17, 15) is 19.7 Å². The van der Waals surface area contributed by atoms with Gasteiger partial charge in [-0.1, -0.05) is 23.2 Å². The van der Waals surface area contributed by atoms with Crippen molar-refractivity contribution < 1.29 is 19.2 Å². The molecule has 0 unspecified atom stereocenters. The Morgan fingerprint density at radius 3 is 2.61 bits per heavy atom. The second kappa shape index (κ2) is 9.34. The SMILES string of the molecule is CCOC(=O)CN(C)c1cc(Cl)c([N+](=O)[O-])c(C(=O)Nc2ccc(Cl)cn2)c1. The summed E-state index contributed by atoms with van der Waals surface area (Å²) in [5.74, 6) is -1.12. The Labute approximate surface area is 170 Å². The number of aromatic nitrogens is 1. The summed E-state index contributed by atoms with van der Waals surface area (Å²) < 4.78 is 4.87. The van der Waals surface area contributed by atoms with Crippen LogP contribution >= 0.6 is 23.2 Å². The zero-order valence-electron chi connectivity index (χ0n) is 14.9. The molecule has 1 aromatic heterocycles. The third-order valence-electron chi connectivity index (χ3n) is 3.56. The fourth-order valence-corrected chi connectivity index (χ4v) is 2.68. The molecule has 2 rings (SSSR count). The van der Waals surface area contributed by atoms with E-state index >= 15 is 0 Å². The number of anilines is 2. The van der Waals surface area contributed by atoms with Crippen LogP contribution in [0.4, 0.5) is 17.2 Å². The fourth-order valence-electron chi connectivity index (χ4n) is 2.29. The highest BCUT2D eigenvalue weighted by atomic mass is 35.5. The normalized spacial score (nSPS) is 10.3. The molecule has 0 atom stereocenters. The Hall–Kier alpha value is -2.91. The maximum Gasteiger partial charge on any atom is 0.325 e. The van der Waals surface area contributed by atoms with E-state index in [0.29, 0.717) is 10.7 Å². The molecule has 2 aromatic rings. The molecule has 9 nitrogen and oxygen atoms in total. The van der Waals surface area contributed by atoms with E-state index in [2.05, 4.69) is 10.3 Å². The highest BCUT2D eigenvalue weighted by molar-refractivity contribution is 6.34. The van der Waals surface area contributed by atoms with E-state index in [4.69, 9.17) is 27.9 Å². The summed E-state index contributed by atoms with van der Waals surface area (Å²) in [7, 11) is 1.57. The van der Waals surface area contributed by atoms with Gasteiger partial charge in [0.1, 0.15) is 22.9 Å². The monoisotopic (exact) mass is 426 g/mol. The standard InChI is InChI=1S/C17H16Cl2N4O5/c1-3-28-15(24)9-22(2)11-6-12(16(23(26)27)13(19)7-11)17(25)21-14-5-4-10(18)8-20-14/h4-8H,3,9H2,1-2H3,(H,20,21,25). The molecule has 1 aromatic carbocycles. The number of benzene rings is 1. The Kier molecular flexibility index (Phi) is 7.13. The average Bonchev–Trinajstić information content (AvgIpc) is 2.62. The van der Waals surface area contributed by atoms with Crippen LogP contribution in [0.5, 0.6) is 0 Å². The number of nitrogens with zero attached hydrogens (tertiary/aromatic N) is 3. The Morgan fingerprint density at radius 2 is 2.04 bits per heavy atom. The lowest BCUT2D eigenvalue weighted by Gasteiger charge is -2.19. The molecular weight excluding hydrogens is 411 g/mol. The predicted octanol–water partition coefficient (Wildman–Crippen LogP) is 3.55. The summed E-state index contributed by atoms with van der Waals surface area (Å²) in [6.07, 6.45) is 1.32. The number of hydrogen-bond acceptors (Lipinski definition) is 7. The van der Waals surface area contributed by atoms with Gasteiger partial charge in [-0.3, -0.25) is 19.7 Å². The number of nitro groups is 1. The van der Waals surface area contributed by atoms with Gasteiger partial charge in [0.2, 0.25) is 0 Å². The van der Waals surface area contributed by atoms with Crippen LogP contribution in [0.15, 0.2) is 30.5 Å². The third-order valence-corrected chi connectivity index (χ3v) is 4.07. The van der Waals surface area contributed by atoms with Gasteiger partial charge >= 0.3 is 11.7 Å². The summed E-state index contributed by atoms with van der Waals surface area (Å²) in [4.78, 5) is 40.3. The Bertz CT molecular complexity index is 905. The average molecular weight is 427 g/mol. The van der Waals surface area contributed by atoms with E-state index in [-0.39, 0.29) is 29.6 Å². The zero-order chi connectivity index (χ0) is 20.8. The van der Waals surface area contributed by atoms with Crippen LogP contribution in [0.25, 0.3) is 0 Å². The molecule has 1 N–H and O–H groups in total. The second-order valence-electron chi connectivity index (χ2n) is 5.56. The molecule has 0 saturated carbocycles. The fraction of sp³-hybridized carbons (Fsp3) is 0.235. The third kappa shape index (κ3) is 5.30. The predicted molar refractivity (Wildman–Crippen MR) is 105 cm³/mol. The number of nitrogens with one attached hydrogen (secondary N) is 1. The van der Waals surface area contributed by atoms with Crippen molar-refractivity contribution in [3.05, 3.63) is 56.2 Å². The lowest BCUT2D eigenvalue weighted by Crippen LogP contribution is -2.27. The van der Waals surface area contributed by atoms with Crippen LogP contribution in [0.2, 0.25) is 10.0 Å². The number of hydrogen-bond donors (Lipinski definition) is 1. The Morgan fingerprint density at radius 1 is 1.32 bits per heavy atom. The van der Waals surface area contributed by atoms with Gasteiger partial charge in [0, 0.05) is 18.9 Å². The lowest BCUT2D eigenvalue weighted by molar-refractivity contribution is -0.384. The molecule has 0 aliphatic rings. The number of amides is 1. The van der Waals surface area contributed by atoms with Crippen molar-refractivity contribution in [2.45, 2.75) is 6.92 Å². The van der Waals surface area contributed by atoms with Crippen molar-refractivity contribution in [3.63, 3.8) is 0 Å². The summed E-state index contributed by atoms with van der Waals surface area (Å²) in [6.45, 7) is 1.77. The van der Waals surface area contributed by atoms with Crippen molar-refractivity contribution >= 4 is 52.3 Å². The summed E-state index contributed by atoms with van der Waals surface area (Å²) >= 11 is 11.8. The van der Waals surface area contributed by atoms with Gasteiger partial charge in [0.05, 0.1) is 16.6 Å². The zero-order valence-corrected chi connectivity index (χ0v) is 16.5. The first kappa shape index (κ1) is 21.4. The number of esters is 1. The summed E-state index contributed by atoms with van der Waals surface area (Å²) in [5.41, 5.74) is -0.501. The minimum atomic E-state index is -0.783. The van der Waals surface area contributed by atoms with Crippen LogP contribution in [0.1, 0.15) is 17.3 Å². The van der Waals surface area contributed by atoms with Crippen molar-refractivity contribution in [3.8, 4) is 0 Å². The largest absolute Gasteiger partial charge is 0.465 e. The highest BCUT2D eigenvalue weighted by Crippen LogP contribution is 2.33. The van der Waals surface area contributed by atoms with E-state index < -0.39 is 22.5 Å². The van der Waals surface area contributed by atoms with Crippen LogP contribution in [-0.2, 0) is 9.53 Å². The van der Waals surface area contributed by atoms with Gasteiger partial charge < -0.3 is 15.0 Å². The molecule has 0 aliphatic heterocycles. The molecule has 1 amide bonds. The van der Waals surface area contributed by atoms with E-state index in [1.165, 1.54) is 35.4 Å². The van der Waals surface area contributed by atoms with E-state index in [0.717, 1.165) is 0 Å². The number of pyridine rings is 1. The molecule has 11 heteroatoms. The minimum absolute atomic E-state index is 0.123. The lowest BCUT2D eigenvalue weighted by atomic mass is 10.1. The maximum absolute atomic E-state index is 12.6. The number of carbonyl (C=O) groups excluding carboxylic acids is 2. The van der Waals surface area contributed by atoms with Gasteiger partial charge in [-0.15, -0.1) is 0 Å². The number of carbonyl (C=O) groups is 2. The van der Waals surface area contributed by atoms with Crippen LogP contribution in [-0.4, -0.2) is 42.0 Å². The van der Waals surface area contributed by atoms with Crippen molar-refractivity contribution in [2.75, 3.05) is 30.4 Å². The molecular formula is C17H16Cl2N4O5. The topological polar surface area (TPSA) is 115 Å². The van der Waals surface area contributed by atoms with E-state index in [1.54, 1.807) is 14.0 Å². The van der Waals surface area contributed by atoms with Crippen molar-refractivity contribution in [2.24, 2.45) is 0 Å². The van der Waals surface area contributed by atoms with Gasteiger partial charge in [-0.05, 0) is 31.2 Å². The van der Waals surface area contributed by atoms with Crippen LogP contribution < -0.4 is 10.2 Å². The Balaban J connectivity index is 2.38. The molecule has 0 aliphatic carbocycles. The summed E-state index contributed by atoms with van der Waals surface area (Å²) in [5, 5.41) is 14.0. The molecule has 0 spiro atoms. The molecule has 0 fully saturated rings. The smallest absolute Gasteiger partial charge is 0.325 e. The second-order valence-corrected chi connectivity index (χ2v) is 6.40. The number of nitro benzene ring substituents is 1. The molecule has 148 valence electrons. The molecule has 0 radical (unpaired) electrons. The molecule has 0 bridgehead atoms. The van der Waals surface area contributed by atoms with Gasteiger partial charge in [0.15, 0.2) is 0 Å². The quantitative estimate of drug-likeness (QED) is 0.408. The van der Waals surface area contributed by atoms with Crippen molar-refractivity contribution in [1.29, 1.82) is 0 Å². The number of likely N-dealkylation sites (N-methyl/N-ethyl adjacent to an activating group) is 1. The number of halogens is 2.